The third kappa shape index (κ3) is 3.63. The highest BCUT2D eigenvalue weighted by Gasteiger charge is 2.16. The van der Waals surface area contributed by atoms with Gasteiger partial charge in [0.1, 0.15) is 0 Å². The molecule has 122 valence electrons. The molecule has 1 heterocycles. The number of methoxy groups -OCH3 is 3. The normalized spacial score (nSPS) is 10.6. The minimum Gasteiger partial charge on any atom is -0.493 e. The molecule has 0 unspecified atom stereocenters. The zero-order valence-corrected chi connectivity index (χ0v) is 13.5. The lowest BCUT2D eigenvalue weighted by molar-refractivity contribution is 0.0954. The first-order chi connectivity index (χ1) is 11.1. The van der Waals surface area contributed by atoms with E-state index in [0.29, 0.717) is 22.8 Å². The maximum absolute atomic E-state index is 12.2. The van der Waals surface area contributed by atoms with E-state index < -0.39 is 0 Å². The molecule has 2 rings (SSSR count). The summed E-state index contributed by atoms with van der Waals surface area (Å²) >= 11 is 0. The predicted molar refractivity (Wildman–Crippen MR) is 86.6 cm³/mol. The molecule has 0 saturated carbocycles. The fourth-order valence-corrected chi connectivity index (χ4v) is 2.04. The molecule has 0 aliphatic rings. The van der Waals surface area contributed by atoms with Gasteiger partial charge in [-0.2, -0.15) is 5.10 Å². The number of aromatic nitrogens is 1. The molecule has 0 aliphatic heterocycles. The van der Waals surface area contributed by atoms with Gasteiger partial charge in [0.15, 0.2) is 11.5 Å². The quantitative estimate of drug-likeness (QED) is 0.651. The fourth-order valence-electron chi connectivity index (χ4n) is 2.04. The number of nitrogens with zero attached hydrogens (tertiary/aromatic N) is 2. The van der Waals surface area contributed by atoms with Crippen molar-refractivity contribution in [2.24, 2.45) is 12.1 Å². The molecule has 0 spiro atoms. The largest absolute Gasteiger partial charge is 0.493 e. The Labute approximate surface area is 134 Å². The van der Waals surface area contributed by atoms with Crippen LogP contribution in [0.15, 0.2) is 35.6 Å². The SMILES string of the molecule is COc1cc(C(=O)N/N=C/c2cccn2C)cc(OC)c1OC. The Morgan fingerprint density at radius 1 is 1.17 bits per heavy atom. The van der Waals surface area contributed by atoms with Crippen molar-refractivity contribution in [3.05, 3.63) is 41.7 Å². The number of hydrazone groups is 1. The number of amides is 1. The van der Waals surface area contributed by atoms with E-state index in [1.54, 1.807) is 18.3 Å². The molecule has 7 heteroatoms. The van der Waals surface area contributed by atoms with Crippen molar-refractivity contribution < 1.29 is 19.0 Å². The Hall–Kier alpha value is -2.96. The number of hydrogen-bond donors (Lipinski definition) is 1. The highest BCUT2D eigenvalue weighted by molar-refractivity contribution is 5.96. The van der Waals surface area contributed by atoms with Gasteiger partial charge in [0.25, 0.3) is 5.91 Å². The van der Waals surface area contributed by atoms with Gasteiger partial charge in [0.2, 0.25) is 5.75 Å². The number of carbonyl (C=O) groups excluding carboxylic acids is 1. The molecule has 0 atom stereocenters. The van der Waals surface area contributed by atoms with E-state index in [9.17, 15) is 4.79 Å². The van der Waals surface area contributed by atoms with Crippen molar-refractivity contribution in [3.8, 4) is 17.2 Å². The Morgan fingerprint density at radius 3 is 2.30 bits per heavy atom. The smallest absolute Gasteiger partial charge is 0.271 e. The number of nitrogens with one attached hydrogen (secondary N) is 1. The molecule has 0 bridgehead atoms. The predicted octanol–water partition coefficient (Wildman–Crippen LogP) is 1.81. The first kappa shape index (κ1) is 16.4. The minimum atomic E-state index is -0.380. The van der Waals surface area contributed by atoms with Gasteiger partial charge in [0.05, 0.1) is 33.2 Å². The molecule has 1 N–H and O–H groups in total. The molecule has 0 fully saturated rings. The summed E-state index contributed by atoms with van der Waals surface area (Å²) in [5.41, 5.74) is 3.69. The third-order valence-electron chi connectivity index (χ3n) is 3.27. The van der Waals surface area contributed by atoms with Crippen molar-refractivity contribution in [2.75, 3.05) is 21.3 Å². The molecule has 2 aromatic rings. The number of ether oxygens (including phenoxy) is 3. The van der Waals surface area contributed by atoms with Crippen LogP contribution in [0.3, 0.4) is 0 Å². The van der Waals surface area contributed by atoms with Crippen molar-refractivity contribution in [1.29, 1.82) is 0 Å². The Morgan fingerprint density at radius 2 is 1.83 bits per heavy atom. The number of aryl methyl sites for hydroxylation is 1. The molecule has 0 radical (unpaired) electrons. The van der Waals surface area contributed by atoms with E-state index in [1.165, 1.54) is 21.3 Å². The summed E-state index contributed by atoms with van der Waals surface area (Å²) in [5.74, 6) is 0.861. The topological polar surface area (TPSA) is 74.1 Å². The molecule has 1 amide bonds. The minimum absolute atomic E-state index is 0.350. The lowest BCUT2D eigenvalue weighted by Gasteiger charge is -2.13. The molecule has 23 heavy (non-hydrogen) atoms. The van der Waals surface area contributed by atoms with Crippen LogP contribution in [0.4, 0.5) is 0 Å². The maximum atomic E-state index is 12.2. The molecule has 1 aromatic carbocycles. The zero-order chi connectivity index (χ0) is 16.8. The number of benzene rings is 1. The van der Waals surface area contributed by atoms with Crippen molar-refractivity contribution in [2.45, 2.75) is 0 Å². The second kappa shape index (κ2) is 7.35. The summed E-state index contributed by atoms with van der Waals surface area (Å²) < 4.78 is 17.5. The summed E-state index contributed by atoms with van der Waals surface area (Å²) in [7, 11) is 6.38. The Bertz CT molecular complexity index is 697. The van der Waals surface area contributed by atoms with Gasteiger partial charge in [0, 0.05) is 18.8 Å². The Balaban J connectivity index is 2.19. The van der Waals surface area contributed by atoms with Gasteiger partial charge in [-0.15, -0.1) is 0 Å². The average Bonchev–Trinajstić information content (AvgIpc) is 2.98. The lowest BCUT2D eigenvalue weighted by Crippen LogP contribution is -2.18. The summed E-state index contributed by atoms with van der Waals surface area (Å²) in [6.45, 7) is 0. The lowest BCUT2D eigenvalue weighted by atomic mass is 10.1. The van der Waals surface area contributed by atoms with Crippen LogP contribution in [0, 0.1) is 0 Å². The number of rotatable bonds is 6. The summed E-state index contributed by atoms with van der Waals surface area (Å²) in [5, 5.41) is 3.95. The van der Waals surface area contributed by atoms with Crippen molar-refractivity contribution in [3.63, 3.8) is 0 Å². The summed E-state index contributed by atoms with van der Waals surface area (Å²) in [6, 6.07) is 6.90. The summed E-state index contributed by atoms with van der Waals surface area (Å²) in [4.78, 5) is 12.2. The van der Waals surface area contributed by atoms with Crippen LogP contribution in [0.5, 0.6) is 17.2 Å². The number of hydrogen-bond acceptors (Lipinski definition) is 5. The van der Waals surface area contributed by atoms with Crippen LogP contribution < -0.4 is 19.6 Å². The van der Waals surface area contributed by atoms with Crippen molar-refractivity contribution >= 4 is 12.1 Å². The standard InChI is InChI=1S/C16H19N3O4/c1-19-7-5-6-12(19)10-17-18-16(20)11-8-13(21-2)15(23-4)14(9-11)22-3/h5-10H,1-4H3,(H,18,20)/b17-10+. The maximum Gasteiger partial charge on any atom is 0.271 e. The first-order valence-electron chi connectivity index (χ1n) is 6.85. The first-order valence-corrected chi connectivity index (χ1v) is 6.85. The second-order valence-electron chi connectivity index (χ2n) is 4.66. The van der Waals surface area contributed by atoms with Crippen LogP contribution >= 0.6 is 0 Å². The van der Waals surface area contributed by atoms with Gasteiger partial charge in [-0.05, 0) is 24.3 Å². The molecule has 0 aliphatic carbocycles. The molecular weight excluding hydrogens is 298 g/mol. The van der Waals surface area contributed by atoms with Crippen LogP contribution in [0.2, 0.25) is 0 Å². The van der Waals surface area contributed by atoms with Crippen LogP contribution in [0.25, 0.3) is 0 Å². The van der Waals surface area contributed by atoms with Crippen LogP contribution in [-0.4, -0.2) is 38.0 Å². The van der Waals surface area contributed by atoms with Crippen LogP contribution in [0.1, 0.15) is 16.1 Å². The highest BCUT2D eigenvalue weighted by atomic mass is 16.5. The number of carbonyl (C=O) groups is 1. The van der Waals surface area contributed by atoms with E-state index in [2.05, 4.69) is 10.5 Å². The molecule has 1 aromatic heterocycles. The van der Waals surface area contributed by atoms with E-state index in [-0.39, 0.29) is 5.91 Å². The van der Waals surface area contributed by atoms with E-state index in [4.69, 9.17) is 14.2 Å². The molecular formula is C16H19N3O4. The van der Waals surface area contributed by atoms with Crippen molar-refractivity contribution in [1.82, 2.24) is 9.99 Å². The van der Waals surface area contributed by atoms with E-state index in [0.717, 1.165) is 5.69 Å². The molecule has 7 nitrogen and oxygen atoms in total. The van der Waals surface area contributed by atoms with E-state index in [1.807, 2.05) is 29.9 Å². The van der Waals surface area contributed by atoms with Gasteiger partial charge in [-0.1, -0.05) is 0 Å². The fraction of sp³-hybridized carbons (Fsp3) is 0.250. The van der Waals surface area contributed by atoms with Gasteiger partial charge in [-0.3, -0.25) is 4.79 Å². The van der Waals surface area contributed by atoms with Gasteiger partial charge >= 0.3 is 0 Å². The van der Waals surface area contributed by atoms with Gasteiger partial charge in [-0.25, -0.2) is 5.43 Å². The Kier molecular flexibility index (Phi) is 5.24. The molecule has 0 saturated heterocycles. The zero-order valence-electron chi connectivity index (χ0n) is 13.5. The van der Waals surface area contributed by atoms with E-state index >= 15 is 0 Å². The highest BCUT2D eigenvalue weighted by Crippen LogP contribution is 2.38. The summed E-state index contributed by atoms with van der Waals surface area (Å²) in [6.07, 6.45) is 3.46. The van der Waals surface area contributed by atoms with Gasteiger partial charge < -0.3 is 18.8 Å². The second-order valence-corrected chi connectivity index (χ2v) is 4.66. The van der Waals surface area contributed by atoms with Crippen LogP contribution in [-0.2, 0) is 7.05 Å². The monoisotopic (exact) mass is 317 g/mol. The third-order valence-corrected chi connectivity index (χ3v) is 3.27. The average molecular weight is 317 g/mol.